The van der Waals surface area contributed by atoms with Gasteiger partial charge < -0.3 is 0 Å². The molecule has 15 heavy (non-hydrogen) atoms. The van der Waals surface area contributed by atoms with Crippen molar-refractivity contribution in [3.63, 3.8) is 0 Å². The van der Waals surface area contributed by atoms with Crippen LogP contribution in [0, 0.1) is 6.92 Å². The molecule has 0 fully saturated rings. The smallest absolute Gasteiger partial charge is 0.203 e. The van der Waals surface area contributed by atoms with E-state index in [4.69, 9.17) is 0 Å². The molecule has 0 amide bonds. The molecule has 0 atom stereocenters. The van der Waals surface area contributed by atoms with Gasteiger partial charge in [0.1, 0.15) is 0 Å². The van der Waals surface area contributed by atoms with Crippen LogP contribution in [0.4, 0.5) is 5.13 Å². The van der Waals surface area contributed by atoms with Crippen LogP contribution in [0.5, 0.6) is 0 Å². The SMILES string of the molecule is Cc1csc(N/N=C/c2ccccc2)n1. The van der Waals surface area contributed by atoms with Crippen LogP contribution in [0.2, 0.25) is 0 Å². The normalized spacial score (nSPS) is 10.7. The number of hydrogen-bond acceptors (Lipinski definition) is 4. The minimum Gasteiger partial charge on any atom is -0.253 e. The maximum atomic E-state index is 4.24. The fourth-order valence-corrected chi connectivity index (χ4v) is 1.74. The lowest BCUT2D eigenvalue weighted by atomic mass is 10.2. The summed E-state index contributed by atoms with van der Waals surface area (Å²) in [4.78, 5) is 4.24. The number of anilines is 1. The zero-order valence-corrected chi connectivity index (χ0v) is 9.16. The zero-order chi connectivity index (χ0) is 10.5. The molecule has 0 aliphatic heterocycles. The molecule has 0 spiro atoms. The van der Waals surface area contributed by atoms with E-state index < -0.39 is 0 Å². The summed E-state index contributed by atoms with van der Waals surface area (Å²) in [6, 6.07) is 9.94. The molecule has 0 saturated heterocycles. The standard InChI is InChI=1S/C11H11N3S/c1-9-8-15-11(13-9)14-12-7-10-5-3-2-4-6-10/h2-8H,1H3,(H,13,14)/b12-7+. The number of nitrogens with zero attached hydrogens (tertiary/aromatic N) is 2. The largest absolute Gasteiger partial charge is 0.253 e. The Morgan fingerprint density at radius 2 is 2.13 bits per heavy atom. The number of benzene rings is 1. The summed E-state index contributed by atoms with van der Waals surface area (Å²) in [5, 5.41) is 6.90. The number of hydrazone groups is 1. The number of aryl methyl sites for hydroxylation is 1. The molecule has 76 valence electrons. The van der Waals surface area contributed by atoms with E-state index in [1.807, 2.05) is 42.6 Å². The molecule has 4 heteroatoms. The molecule has 0 unspecified atom stereocenters. The van der Waals surface area contributed by atoms with Crippen LogP contribution in [0.3, 0.4) is 0 Å². The molecule has 0 aliphatic rings. The van der Waals surface area contributed by atoms with Crippen molar-refractivity contribution in [1.29, 1.82) is 0 Å². The molecule has 0 bridgehead atoms. The van der Waals surface area contributed by atoms with Crippen molar-refractivity contribution in [2.24, 2.45) is 5.10 Å². The highest BCUT2D eigenvalue weighted by molar-refractivity contribution is 7.13. The van der Waals surface area contributed by atoms with E-state index in [9.17, 15) is 0 Å². The van der Waals surface area contributed by atoms with Gasteiger partial charge in [0.2, 0.25) is 5.13 Å². The topological polar surface area (TPSA) is 37.3 Å². The second kappa shape index (κ2) is 4.70. The fourth-order valence-electron chi connectivity index (χ4n) is 1.11. The fraction of sp³-hybridized carbons (Fsp3) is 0.0909. The van der Waals surface area contributed by atoms with Gasteiger partial charge in [0.05, 0.1) is 11.9 Å². The molecule has 1 aromatic carbocycles. The lowest BCUT2D eigenvalue weighted by Crippen LogP contribution is -1.89. The van der Waals surface area contributed by atoms with Gasteiger partial charge in [0.15, 0.2) is 0 Å². The first-order chi connectivity index (χ1) is 7.34. The number of thiazole rings is 1. The van der Waals surface area contributed by atoms with Crippen LogP contribution in [-0.4, -0.2) is 11.2 Å². The highest BCUT2D eigenvalue weighted by atomic mass is 32.1. The van der Waals surface area contributed by atoms with E-state index in [0.717, 1.165) is 16.4 Å². The van der Waals surface area contributed by atoms with Crippen molar-refractivity contribution >= 4 is 22.7 Å². The number of aromatic nitrogens is 1. The Morgan fingerprint density at radius 3 is 2.80 bits per heavy atom. The van der Waals surface area contributed by atoms with Crippen LogP contribution in [0.1, 0.15) is 11.3 Å². The first-order valence-electron chi connectivity index (χ1n) is 4.61. The average Bonchev–Trinajstić information content (AvgIpc) is 2.66. The average molecular weight is 217 g/mol. The van der Waals surface area contributed by atoms with E-state index in [-0.39, 0.29) is 0 Å². The molecule has 0 radical (unpaired) electrons. The van der Waals surface area contributed by atoms with E-state index in [2.05, 4.69) is 15.5 Å². The van der Waals surface area contributed by atoms with Crippen LogP contribution in [0.15, 0.2) is 40.8 Å². The Labute approximate surface area is 92.5 Å². The second-order valence-corrected chi connectivity index (χ2v) is 3.93. The first-order valence-corrected chi connectivity index (χ1v) is 5.49. The molecule has 3 nitrogen and oxygen atoms in total. The van der Waals surface area contributed by atoms with Crippen molar-refractivity contribution in [1.82, 2.24) is 4.98 Å². The minimum atomic E-state index is 0.819. The maximum absolute atomic E-state index is 4.24. The summed E-state index contributed by atoms with van der Waals surface area (Å²) in [5.74, 6) is 0. The molecule has 0 aliphatic carbocycles. The van der Waals surface area contributed by atoms with E-state index in [1.165, 1.54) is 0 Å². The molecule has 1 N–H and O–H groups in total. The van der Waals surface area contributed by atoms with Gasteiger partial charge in [-0.3, -0.25) is 5.43 Å². The van der Waals surface area contributed by atoms with Gasteiger partial charge in [0.25, 0.3) is 0 Å². The van der Waals surface area contributed by atoms with Gasteiger partial charge in [0, 0.05) is 5.38 Å². The van der Waals surface area contributed by atoms with Gasteiger partial charge in [-0.15, -0.1) is 11.3 Å². The van der Waals surface area contributed by atoms with E-state index in [0.29, 0.717) is 0 Å². The van der Waals surface area contributed by atoms with Gasteiger partial charge in [-0.2, -0.15) is 5.10 Å². The molecule has 2 rings (SSSR count). The molecule has 1 aromatic heterocycles. The van der Waals surface area contributed by atoms with Gasteiger partial charge in [-0.05, 0) is 12.5 Å². The van der Waals surface area contributed by atoms with E-state index >= 15 is 0 Å². The summed E-state index contributed by atoms with van der Waals surface area (Å²) >= 11 is 1.55. The van der Waals surface area contributed by atoms with E-state index in [1.54, 1.807) is 17.6 Å². The Morgan fingerprint density at radius 1 is 1.33 bits per heavy atom. The highest BCUT2D eigenvalue weighted by Gasteiger charge is 1.93. The van der Waals surface area contributed by atoms with Crippen molar-refractivity contribution in [3.05, 3.63) is 47.0 Å². The summed E-state index contributed by atoms with van der Waals surface area (Å²) in [7, 11) is 0. The summed E-state index contributed by atoms with van der Waals surface area (Å²) in [5.41, 5.74) is 4.97. The lowest BCUT2D eigenvalue weighted by Gasteiger charge is -1.93. The third-order valence-corrected chi connectivity index (χ3v) is 2.66. The summed E-state index contributed by atoms with van der Waals surface area (Å²) in [6.45, 7) is 1.96. The maximum Gasteiger partial charge on any atom is 0.203 e. The van der Waals surface area contributed by atoms with Crippen LogP contribution in [0.25, 0.3) is 0 Å². The third kappa shape index (κ3) is 2.89. The van der Waals surface area contributed by atoms with Crippen LogP contribution >= 0.6 is 11.3 Å². The molecular formula is C11H11N3S. The molecule has 1 heterocycles. The highest BCUT2D eigenvalue weighted by Crippen LogP contribution is 2.13. The number of nitrogens with one attached hydrogen (secondary N) is 1. The van der Waals surface area contributed by atoms with Gasteiger partial charge >= 0.3 is 0 Å². The lowest BCUT2D eigenvalue weighted by molar-refractivity contribution is 1.22. The third-order valence-electron chi connectivity index (χ3n) is 1.79. The second-order valence-electron chi connectivity index (χ2n) is 3.07. The van der Waals surface area contributed by atoms with Crippen LogP contribution < -0.4 is 5.43 Å². The minimum absolute atomic E-state index is 0.819. The monoisotopic (exact) mass is 217 g/mol. The van der Waals surface area contributed by atoms with Crippen molar-refractivity contribution in [2.45, 2.75) is 6.92 Å². The first kappa shape index (κ1) is 9.86. The predicted octanol–water partition coefficient (Wildman–Crippen LogP) is 2.90. The number of hydrogen-bond donors (Lipinski definition) is 1. The van der Waals surface area contributed by atoms with Gasteiger partial charge in [-0.25, -0.2) is 4.98 Å². The zero-order valence-electron chi connectivity index (χ0n) is 8.34. The Balaban J connectivity index is 1.96. The predicted molar refractivity (Wildman–Crippen MR) is 64.5 cm³/mol. The molecule has 2 aromatic rings. The Bertz CT molecular complexity index is 448. The van der Waals surface area contributed by atoms with Crippen molar-refractivity contribution in [3.8, 4) is 0 Å². The number of rotatable bonds is 3. The van der Waals surface area contributed by atoms with Crippen molar-refractivity contribution in [2.75, 3.05) is 5.43 Å². The molecular weight excluding hydrogens is 206 g/mol. The summed E-state index contributed by atoms with van der Waals surface area (Å²) < 4.78 is 0. The Hall–Kier alpha value is -1.68. The quantitative estimate of drug-likeness (QED) is 0.634. The van der Waals surface area contributed by atoms with Crippen LogP contribution in [-0.2, 0) is 0 Å². The molecule has 0 saturated carbocycles. The van der Waals surface area contributed by atoms with Gasteiger partial charge in [-0.1, -0.05) is 30.3 Å². The summed E-state index contributed by atoms with van der Waals surface area (Å²) in [6.07, 6.45) is 1.77. The van der Waals surface area contributed by atoms with Crippen molar-refractivity contribution < 1.29 is 0 Å². The Kier molecular flexibility index (Phi) is 3.09.